The number of carbonyl (C=O) groups excluding carboxylic acids is 1. The summed E-state index contributed by atoms with van der Waals surface area (Å²) in [5, 5.41) is 0. The van der Waals surface area contributed by atoms with Crippen LogP contribution in [0.4, 0.5) is 0 Å². The molecule has 3 nitrogen and oxygen atoms in total. The molecule has 0 spiro atoms. The van der Waals surface area contributed by atoms with Gasteiger partial charge in [0.25, 0.3) is 0 Å². The smallest absolute Gasteiger partial charge is 0.306 e. The summed E-state index contributed by atoms with van der Waals surface area (Å²) in [6.45, 7) is 7.40. The lowest BCUT2D eigenvalue weighted by molar-refractivity contribution is -0.150. The lowest BCUT2D eigenvalue weighted by Gasteiger charge is -2.44. The minimum absolute atomic E-state index is 0.0104. The van der Waals surface area contributed by atoms with E-state index in [9.17, 15) is 4.79 Å². The molecular weight excluding hydrogens is 190 g/mol. The Kier molecular flexibility index (Phi) is 3.29. The number of carbonyl (C=O) groups is 1. The predicted octanol–water partition coefficient (Wildman–Crippen LogP) is 1.67. The molecule has 3 fully saturated rings. The standard InChI is InChI=1S/C12H21NO2/c1-9(2)15-12(14)7-11-8-13-5-3-10(11)4-6-13/h9-11H,3-8H2,1-2H3. The van der Waals surface area contributed by atoms with Gasteiger partial charge in [0.05, 0.1) is 6.10 Å². The highest BCUT2D eigenvalue weighted by Crippen LogP contribution is 2.34. The van der Waals surface area contributed by atoms with E-state index in [1.54, 1.807) is 0 Å². The fourth-order valence-electron chi connectivity index (χ4n) is 2.84. The number of ether oxygens (including phenoxy) is 1. The average Bonchev–Trinajstić information content (AvgIpc) is 2.17. The Morgan fingerprint density at radius 2 is 2.07 bits per heavy atom. The van der Waals surface area contributed by atoms with Crippen molar-refractivity contribution in [1.29, 1.82) is 0 Å². The van der Waals surface area contributed by atoms with Crippen molar-refractivity contribution in [2.75, 3.05) is 19.6 Å². The van der Waals surface area contributed by atoms with Gasteiger partial charge in [0.2, 0.25) is 0 Å². The van der Waals surface area contributed by atoms with E-state index in [0.29, 0.717) is 12.3 Å². The SMILES string of the molecule is CC(C)OC(=O)CC1CN2CCC1CC2. The van der Waals surface area contributed by atoms with Crippen LogP contribution in [-0.4, -0.2) is 36.6 Å². The summed E-state index contributed by atoms with van der Waals surface area (Å²) >= 11 is 0. The number of fused-ring (bicyclic) bond motifs is 3. The maximum absolute atomic E-state index is 11.6. The molecule has 0 amide bonds. The van der Waals surface area contributed by atoms with Gasteiger partial charge in [-0.2, -0.15) is 0 Å². The van der Waals surface area contributed by atoms with Gasteiger partial charge in [-0.15, -0.1) is 0 Å². The number of nitrogens with zero attached hydrogens (tertiary/aromatic N) is 1. The van der Waals surface area contributed by atoms with Gasteiger partial charge in [0.1, 0.15) is 0 Å². The summed E-state index contributed by atoms with van der Waals surface area (Å²) in [5.74, 6) is 1.32. The minimum Gasteiger partial charge on any atom is -0.463 e. The van der Waals surface area contributed by atoms with Gasteiger partial charge in [-0.1, -0.05) is 0 Å². The maximum Gasteiger partial charge on any atom is 0.306 e. The second-order valence-electron chi connectivity index (χ2n) is 5.14. The fourth-order valence-corrected chi connectivity index (χ4v) is 2.84. The van der Waals surface area contributed by atoms with E-state index in [1.807, 2.05) is 13.8 Å². The summed E-state index contributed by atoms with van der Waals surface area (Å²) in [7, 11) is 0. The summed E-state index contributed by atoms with van der Waals surface area (Å²) in [6, 6.07) is 0. The quantitative estimate of drug-likeness (QED) is 0.665. The Hall–Kier alpha value is -0.570. The van der Waals surface area contributed by atoms with E-state index in [2.05, 4.69) is 4.90 Å². The summed E-state index contributed by atoms with van der Waals surface area (Å²) in [4.78, 5) is 14.0. The first kappa shape index (κ1) is 10.9. The monoisotopic (exact) mass is 211 g/mol. The molecular formula is C12H21NO2. The van der Waals surface area contributed by atoms with Gasteiger partial charge in [-0.25, -0.2) is 0 Å². The van der Waals surface area contributed by atoms with Gasteiger partial charge < -0.3 is 9.64 Å². The van der Waals surface area contributed by atoms with Crippen LogP contribution in [0.2, 0.25) is 0 Å². The third kappa shape index (κ3) is 2.71. The molecule has 1 unspecified atom stereocenters. The molecule has 3 aliphatic heterocycles. The number of hydrogen-bond donors (Lipinski definition) is 0. The van der Waals surface area contributed by atoms with Crippen LogP contribution < -0.4 is 0 Å². The summed E-state index contributed by atoms with van der Waals surface area (Å²) in [5.41, 5.74) is 0. The van der Waals surface area contributed by atoms with Crippen molar-refractivity contribution in [3.63, 3.8) is 0 Å². The van der Waals surface area contributed by atoms with Crippen LogP contribution >= 0.6 is 0 Å². The summed E-state index contributed by atoms with van der Waals surface area (Å²) < 4.78 is 5.20. The second-order valence-corrected chi connectivity index (χ2v) is 5.14. The van der Waals surface area contributed by atoms with E-state index in [4.69, 9.17) is 4.74 Å². The highest BCUT2D eigenvalue weighted by Gasteiger charge is 2.35. The van der Waals surface area contributed by atoms with Crippen molar-refractivity contribution >= 4 is 5.97 Å². The number of esters is 1. The normalized spacial score (nSPS) is 34.5. The highest BCUT2D eigenvalue weighted by atomic mass is 16.5. The Bertz CT molecular complexity index is 232. The Labute approximate surface area is 91.8 Å². The first-order valence-corrected chi connectivity index (χ1v) is 6.07. The first-order chi connectivity index (χ1) is 7.15. The van der Waals surface area contributed by atoms with Crippen LogP contribution in [0.15, 0.2) is 0 Å². The second kappa shape index (κ2) is 4.52. The molecule has 2 bridgehead atoms. The highest BCUT2D eigenvalue weighted by molar-refractivity contribution is 5.70. The number of rotatable bonds is 3. The van der Waals surface area contributed by atoms with E-state index in [1.165, 1.54) is 25.9 Å². The van der Waals surface area contributed by atoms with E-state index < -0.39 is 0 Å². The van der Waals surface area contributed by atoms with Gasteiger partial charge in [0.15, 0.2) is 0 Å². The van der Waals surface area contributed by atoms with Crippen molar-refractivity contribution in [2.45, 2.75) is 39.2 Å². The van der Waals surface area contributed by atoms with Crippen LogP contribution in [0.5, 0.6) is 0 Å². The molecule has 3 heterocycles. The minimum atomic E-state index is -0.0104. The van der Waals surface area contributed by atoms with Gasteiger partial charge in [-0.05, 0) is 51.6 Å². The van der Waals surface area contributed by atoms with E-state index in [-0.39, 0.29) is 12.1 Å². The third-order valence-electron chi connectivity index (χ3n) is 3.59. The Morgan fingerprint density at radius 3 is 2.53 bits per heavy atom. The topological polar surface area (TPSA) is 29.5 Å². The Morgan fingerprint density at radius 1 is 1.40 bits per heavy atom. The molecule has 3 rings (SSSR count). The lowest BCUT2D eigenvalue weighted by atomic mass is 9.77. The van der Waals surface area contributed by atoms with Crippen LogP contribution in [-0.2, 0) is 9.53 Å². The lowest BCUT2D eigenvalue weighted by Crippen LogP contribution is -2.48. The summed E-state index contributed by atoms with van der Waals surface area (Å²) in [6.07, 6.45) is 3.21. The van der Waals surface area contributed by atoms with Crippen molar-refractivity contribution < 1.29 is 9.53 Å². The molecule has 15 heavy (non-hydrogen) atoms. The first-order valence-electron chi connectivity index (χ1n) is 6.07. The van der Waals surface area contributed by atoms with Crippen molar-refractivity contribution in [3.8, 4) is 0 Å². The molecule has 0 aromatic carbocycles. The molecule has 0 aromatic heterocycles. The molecule has 86 valence electrons. The zero-order valence-electron chi connectivity index (χ0n) is 9.74. The average molecular weight is 211 g/mol. The molecule has 3 heteroatoms. The largest absolute Gasteiger partial charge is 0.463 e. The molecule has 1 atom stereocenters. The Balaban J connectivity index is 1.82. The molecule has 0 radical (unpaired) electrons. The van der Waals surface area contributed by atoms with Gasteiger partial charge >= 0.3 is 5.97 Å². The molecule has 3 aliphatic rings. The maximum atomic E-state index is 11.6. The van der Waals surface area contributed by atoms with Crippen molar-refractivity contribution in [1.82, 2.24) is 4.90 Å². The fraction of sp³-hybridized carbons (Fsp3) is 0.917. The predicted molar refractivity (Wildman–Crippen MR) is 58.5 cm³/mol. The van der Waals surface area contributed by atoms with Gasteiger partial charge in [-0.3, -0.25) is 4.79 Å². The molecule has 0 saturated carbocycles. The van der Waals surface area contributed by atoms with Crippen LogP contribution in [0, 0.1) is 11.8 Å². The molecule has 3 saturated heterocycles. The van der Waals surface area contributed by atoms with Crippen molar-refractivity contribution in [2.24, 2.45) is 11.8 Å². The van der Waals surface area contributed by atoms with Crippen LogP contribution in [0.25, 0.3) is 0 Å². The number of piperidine rings is 3. The zero-order valence-corrected chi connectivity index (χ0v) is 9.74. The van der Waals surface area contributed by atoms with Crippen LogP contribution in [0.1, 0.15) is 33.1 Å². The van der Waals surface area contributed by atoms with Gasteiger partial charge in [0, 0.05) is 13.0 Å². The number of hydrogen-bond acceptors (Lipinski definition) is 3. The zero-order chi connectivity index (χ0) is 10.8. The van der Waals surface area contributed by atoms with E-state index >= 15 is 0 Å². The van der Waals surface area contributed by atoms with Crippen LogP contribution in [0.3, 0.4) is 0 Å². The molecule has 0 aromatic rings. The molecule has 0 aliphatic carbocycles. The van der Waals surface area contributed by atoms with E-state index in [0.717, 1.165) is 12.5 Å². The molecule has 0 N–H and O–H groups in total. The third-order valence-corrected chi connectivity index (χ3v) is 3.59. The van der Waals surface area contributed by atoms with Crippen molar-refractivity contribution in [3.05, 3.63) is 0 Å².